The number of aromatic nitrogens is 4. The minimum atomic E-state index is 0.567. The van der Waals surface area contributed by atoms with E-state index >= 15 is 0 Å². The third-order valence-corrected chi connectivity index (χ3v) is 7.31. The Balaban J connectivity index is 1.41. The molecule has 0 aromatic carbocycles. The second-order valence-electron chi connectivity index (χ2n) is 7.27. The fourth-order valence-corrected chi connectivity index (χ4v) is 5.85. The molecule has 132 valence electrons. The number of hydrogen-bond donors (Lipinski definition) is 1. The van der Waals surface area contributed by atoms with E-state index in [1.807, 2.05) is 11.3 Å². The number of hydrogen-bond acceptors (Lipinski definition) is 6. The van der Waals surface area contributed by atoms with Crippen LogP contribution >= 0.6 is 22.7 Å². The summed E-state index contributed by atoms with van der Waals surface area (Å²) < 4.78 is 2.08. The van der Waals surface area contributed by atoms with Gasteiger partial charge in [0.25, 0.3) is 0 Å². The molecular formula is C19H19N5S2. The summed E-state index contributed by atoms with van der Waals surface area (Å²) in [7, 11) is 0. The number of nitrogens with one attached hydrogen (secondary N) is 1. The van der Waals surface area contributed by atoms with Crippen LogP contribution in [-0.2, 0) is 19.4 Å². The summed E-state index contributed by atoms with van der Waals surface area (Å²) in [5.41, 5.74) is 2.55. The van der Waals surface area contributed by atoms with Crippen LogP contribution in [0.3, 0.4) is 0 Å². The molecule has 0 bridgehead atoms. The van der Waals surface area contributed by atoms with Crippen molar-refractivity contribution < 1.29 is 0 Å². The minimum absolute atomic E-state index is 0.567. The van der Waals surface area contributed by atoms with Crippen LogP contribution in [0, 0.1) is 0 Å². The van der Waals surface area contributed by atoms with Crippen molar-refractivity contribution in [3.05, 3.63) is 39.7 Å². The Morgan fingerprint density at radius 1 is 1.15 bits per heavy atom. The summed E-state index contributed by atoms with van der Waals surface area (Å²) in [6.45, 7) is 0.704. The molecular weight excluding hydrogens is 362 g/mol. The molecule has 0 amide bonds. The zero-order valence-electron chi connectivity index (χ0n) is 14.4. The van der Waals surface area contributed by atoms with Crippen LogP contribution in [0.15, 0.2) is 17.8 Å². The Labute approximate surface area is 159 Å². The van der Waals surface area contributed by atoms with E-state index in [1.54, 1.807) is 11.3 Å². The van der Waals surface area contributed by atoms with Crippen molar-refractivity contribution in [1.82, 2.24) is 19.4 Å². The van der Waals surface area contributed by atoms with Crippen molar-refractivity contribution in [2.45, 2.75) is 51.0 Å². The molecule has 2 aliphatic carbocycles. The monoisotopic (exact) mass is 381 g/mol. The highest BCUT2D eigenvalue weighted by molar-refractivity contribution is 7.19. The number of aryl methyl sites for hydroxylation is 2. The average Bonchev–Trinajstić information content (AvgIpc) is 3.13. The van der Waals surface area contributed by atoms with Gasteiger partial charge in [-0.3, -0.25) is 4.40 Å². The molecule has 0 atom stereocenters. The summed E-state index contributed by atoms with van der Waals surface area (Å²) in [4.78, 5) is 18.3. The zero-order valence-corrected chi connectivity index (χ0v) is 16.0. The predicted molar refractivity (Wildman–Crippen MR) is 106 cm³/mol. The number of imidazole rings is 1. The average molecular weight is 382 g/mol. The highest BCUT2D eigenvalue weighted by Gasteiger charge is 2.29. The second kappa shape index (κ2) is 5.76. The molecule has 2 aliphatic rings. The summed E-state index contributed by atoms with van der Waals surface area (Å²) in [6.07, 6.45) is 11.6. The van der Waals surface area contributed by atoms with E-state index in [4.69, 9.17) is 15.0 Å². The van der Waals surface area contributed by atoms with Gasteiger partial charge in [-0.15, -0.1) is 22.7 Å². The second-order valence-corrected chi connectivity index (χ2v) is 9.23. The normalized spacial score (nSPS) is 17.1. The van der Waals surface area contributed by atoms with Gasteiger partial charge in [-0.2, -0.15) is 0 Å². The van der Waals surface area contributed by atoms with E-state index in [0.717, 1.165) is 28.7 Å². The highest BCUT2D eigenvalue weighted by Crippen LogP contribution is 2.43. The van der Waals surface area contributed by atoms with Gasteiger partial charge in [0, 0.05) is 28.6 Å². The van der Waals surface area contributed by atoms with Gasteiger partial charge in [0.05, 0.1) is 17.6 Å². The Morgan fingerprint density at radius 2 is 2.08 bits per heavy atom. The van der Waals surface area contributed by atoms with E-state index in [2.05, 4.69) is 27.5 Å². The van der Waals surface area contributed by atoms with Crippen molar-refractivity contribution >= 4 is 43.7 Å². The topological polar surface area (TPSA) is 55.1 Å². The summed E-state index contributed by atoms with van der Waals surface area (Å²) in [5, 5.41) is 6.93. The molecule has 5 nitrogen and oxygen atoms in total. The molecule has 1 N–H and O–H groups in total. The van der Waals surface area contributed by atoms with Gasteiger partial charge in [0.2, 0.25) is 0 Å². The van der Waals surface area contributed by atoms with Crippen LogP contribution in [0.5, 0.6) is 0 Å². The number of thiazole rings is 1. The first kappa shape index (κ1) is 15.1. The molecule has 6 rings (SSSR count). The SMILES string of the molecule is c1cn2cc(CNc3nc(C4CC4)nc4sc5c(c34)CCCC5)nc2s1. The van der Waals surface area contributed by atoms with Crippen LogP contribution < -0.4 is 5.32 Å². The molecule has 7 heteroatoms. The van der Waals surface area contributed by atoms with E-state index < -0.39 is 0 Å². The minimum Gasteiger partial charge on any atom is -0.364 e. The van der Waals surface area contributed by atoms with Gasteiger partial charge in [-0.25, -0.2) is 15.0 Å². The molecule has 4 aromatic rings. The van der Waals surface area contributed by atoms with Crippen LogP contribution in [0.25, 0.3) is 15.2 Å². The number of anilines is 1. The third kappa shape index (κ3) is 2.45. The molecule has 0 aliphatic heterocycles. The van der Waals surface area contributed by atoms with E-state index in [-0.39, 0.29) is 0 Å². The Hall–Kier alpha value is -1.99. The lowest BCUT2D eigenvalue weighted by molar-refractivity contribution is 0.700. The first-order valence-corrected chi connectivity index (χ1v) is 11.0. The van der Waals surface area contributed by atoms with Gasteiger partial charge >= 0.3 is 0 Å². The van der Waals surface area contributed by atoms with E-state index in [9.17, 15) is 0 Å². The van der Waals surface area contributed by atoms with Crippen molar-refractivity contribution in [3.63, 3.8) is 0 Å². The maximum atomic E-state index is 4.95. The molecule has 4 aromatic heterocycles. The zero-order chi connectivity index (χ0) is 17.1. The molecule has 0 unspecified atom stereocenters. The lowest BCUT2D eigenvalue weighted by Crippen LogP contribution is -2.06. The van der Waals surface area contributed by atoms with Crippen molar-refractivity contribution in [1.29, 1.82) is 0 Å². The van der Waals surface area contributed by atoms with Gasteiger partial charge in [0.15, 0.2) is 4.96 Å². The summed E-state index contributed by atoms with van der Waals surface area (Å²) in [5.74, 6) is 2.62. The number of rotatable bonds is 4. The quantitative estimate of drug-likeness (QED) is 0.553. The fourth-order valence-electron chi connectivity index (χ4n) is 3.86. The summed E-state index contributed by atoms with van der Waals surface area (Å²) >= 11 is 3.56. The maximum Gasteiger partial charge on any atom is 0.193 e. The lowest BCUT2D eigenvalue weighted by Gasteiger charge is -2.13. The van der Waals surface area contributed by atoms with E-state index in [0.29, 0.717) is 12.5 Å². The number of nitrogens with zero attached hydrogens (tertiary/aromatic N) is 4. The highest BCUT2D eigenvalue weighted by atomic mass is 32.1. The Bertz CT molecular complexity index is 1090. The standard InChI is InChI=1S/C19H19N5S2/c1-2-4-14-13(3-1)15-17(22-16(11-5-6-11)23-18(15)26-14)20-9-12-10-24-7-8-25-19(24)21-12/h7-8,10-11H,1-6,9H2,(H,20,22,23). The number of thiophene rings is 1. The van der Waals surface area contributed by atoms with Crippen LogP contribution in [0.4, 0.5) is 5.82 Å². The van der Waals surface area contributed by atoms with Gasteiger partial charge < -0.3 is 5.32 Å². The Kier molecular flexibility index (Phi) is 3.34. The first-order chi connectivity index (χ1) is 12.8. The molecule has 1 fully saturated rings. The third-order valence-electron chi connectivity index (χ3n) is 5.35. The van der Waals surface area contributed by atoms with E-state index in [1.165, 1.54) is 52.8 Å². The van der Waals surface area contributed by atoms with Crippen molar-refractivity contribution in [3.8, 4) is 0 Å². The molecule has 0 spiro atoms. The molecule has 0 saturated heterocycles. The van der Waals surface area contributed by atoms with Crippen molar-refractivity contribution in [2.75, 3.05) is 5.32 Å². The molecule has 0 radical (unpaired) electrons. The molecule has 4 heterocycles. The predicted octanol–water partition coefficient (Wildman–Crippen LogP) is 4.77. The smallest absolute Gasteiger partial charge is 0.193 e. The van der Waals surface area contributed by atoms with Crippen LogP contribution in [-0.4, -0.2) is 19.4 Å². The molecule has 1 saturated carbocycles. The molecule has 26 heavy (non-hydrogen) atoms. The van der Waals surface area contributed by atoms with Gasteiger partial charge in [-0.05, 0) is 44.1 Å². The van der Waals surface area contributed by atoms with Gasteiger partial charge in [-0.1, -0.05) is 0 Å². The maximum absolute atomic E-state index is 4.95. The van der Waals surface area contributed by atoms with Crippen LogP contribution in [0.2, 0.25) is 0 Å². The van der Waals surface area contributed by atoms with Crippen molar-refractivity contribution in [2.24, 2.45) is 0 Å². The number of fused-ring (bicyclic) bond motifs is 4. The fraction of sp³-hybridized carbons (Fsp3) is 0.421. The van der Waals surface area contributed by atoms with Gasteiger partial charge in [0.1, 0.15) is 16.5 Å². The summed E-state index contributed by atoms with van der Waals surface area (Å²) in [6, 6.07) is 0. The lowest BCUT2D eigenvalue weighted by atomic mass is 9.97. The largest absolute Gasteiger partial charge is 0.364 e. The first-order valence-electron chi connectivity index (χ1n) is 9.32. The van der Waals surface area contributed by atoms with Crippen LogP contribution in [0.1, 0.15) is 53.6 Å². The Morgan fingerprint density at radius 3 is 2.96 bits per heavy atom.